The monoisotopic (exact) mass is 428 g/mol. The molecule has 2 N–H and O–H groups in total. The van der Waals surface area contributed by atoms with E-state index in [4.69, 9.17) is 11.6 Å². The molecule has 1 aliphatic rings. The second-order valence-corrected chi connectivity index (χ2v) is 8.11. The Labute approximate surface area is 175 Å². The van der Waals surface area contributed by atoms with Crippen LogP contribution >= 0.6 is 22.9 Å². The highest BCUT2D eigenvalue weighted by Gasteiger charge is 2.26. The van der Waals surface area contributed by atoms with Gasteiger partial charge in [0.2, 0.25) is 11.8 Å². The Hall–Kier alpha value is -2.97. The van der Waals surface area contributed by atoms with Crippen molar-refractivity contribution >= 4 is 67.4 Å². The van der Waals surface area contributed by atoms with Crippen LogP contribution in [0.4, 0.5) is 16.5 Å². The minimum Gasteiger partial charge on any atom is -0.326 e. The summed E-state index contributed by atoms with van der Waals surface area (Å²) >= 11 is 7.40. The van der Waals surface area contributed by atoms with Gasteiger partial charge >= 0.3 is 0 Å². The summed E-state index contributed by atoms with van der Waals surface area (Å²) in [5, 5.41) is 6.42. The molecule has 0 atom stereocenters. The smallest absolute Gasteiger partial charge is 0.259 e. The maximum absolute atomic E-state index is 12.9. The average molecular weight is 429 g/mol. The van der Waals surface area contributed by atoms with Gasteiger partial charge in [-0.1, -0.05) is 22.9 Å². The molecule has 2 heterocycles. The van der Waals surface area contributed by atoms with Gasteiger partial charge in [-0.15, -0.1) is 0 Å². The summed E-state index contributed by atoms with van der Waals surface area (Å²) in [6, 6.07) is 10.2. The van der Waals surface area contributed by atoms with E-state index in [2.05, 4.69) is 15.6 Å². The van der Waals surface area contributed by atoms with Gasteiger partial charge in [-0.2, -0.15) is 0 Å². The highest BCUT2D eigenvalue weighted by molar-refractivity contribution is 7.22. The third-order valence-corrected chi connectivity index (χ3v) is 5.67. The first kappa shape index (κ1) is 19.4. The molecule has 0 spiro atoms. The fourth-order valence-electron chi connectivity index (χ4n) is 3.25. The molecular formula is C20H17ClN4O3S. The predicted octanol–water partition coefficient (Wildman–Crippen LogP) is 4.29. The Morgan fingerprint density at radius 2 is 2.00 bits per heavy atom. The molecule has 3 amide bonds. The highest BCUT2D eigenvalue weighted by Crippen LogP contribution is 2.32. The maximum atomic E-state index is 12.9. The van der Waals surface area contributed by atoms with Crippen LogP contribution in [0.15, 0.2) is 36.4 Å². The number of amides is 3. The third-order valence-electron chi connectivity index (χ3n) is 4.50. The van der Waals surface area contributed by atoms with Crippen LogP contribution in [0.1, 0.15) is 30.1 Å². The lowest BCUT2D eigenvalue weighted by molar-refractivity contribution is -0.117. The summed E-state index contributed by atoms with van der Waals surface area (Å²) in [7, 11) is 0. The largest absolute Gasteiger partial charge is 0.326 e. The van der Waals surface area contributed by atoms with Crippen LogP contribution in [-0.4, -0.2) is 29.3 Å². The summed E-state index contributed by atoms with van der Waals surface area (Å²) in [6.07, 6.45) is 1.21. The number of aromatic nitrogens is 1. The average Bonchev–Trinajstić information content (AvgIpc) is 3.26. The Bertz CT molecular complexity index is 1140. The first-order valence-electron chi connectivity index (χ1n) is 9.00. The number of nitrogens with one attached hydrogen (secondary N) is 2. The molecule has 9 heteroatoms. The van der Waals surface area contributed by atoms with Crippen molar-refractivity contribution in [3.63, 3.8) is 0 Å². The van der Waals surface area contributed by atoms with E-state index in [-0.39, 0.29) is 17.7 Å². The van der Waals surface area contributed by atoms with E-state index >= 15 is 0 Å². The van der Waals surface area contributed by atoms with Crippen LogP contribution in [0.3, 0.4) is 0 Å². The van der Waals surface area contributed by atoms with Gasteiger partial charge < -0.3 is 10.2 Å². The number of rotatable bonds is 4. The van der Waals surface area contributed by atoms with Crippen molar-refractivity contribution in [3.8, 4) is 0 Å². The molecule has 1 saturated heterocycles. The van der Waals surface area contributed by atoms with Crippen molar-refractivity contribution in [2.24, 2.45) is 0 Å². The Morgan fingerprint density at radius 1 is 1.17 bits per heavy atom. The van der Waals surface area contributed by atoms with Gasteiger partial charge in [-0.3, -0.25) is 19.7 Å². The molecule has 0 unspecified atom stereocenters. The number of hydrogen-bond acceptors (Lipinski definition) is 5. The van der Waals surface area contributed by atoms with Crippen molar-refractivity contribution in [1.29, 1.82) is 0 Å². The molecule has 1 aromatic heterocycles. The Morgan fingerprint density at radius 3 is 2.72 bits per heavy atom. The molecule has 3 aromatic rings. The molecule has 2 aromatic carbocycles. The normalized spacial score (nSPS) is 13.7. The number of thiazole rings is 1. The van der Waals surface area contributed by atoms with Crippen molar-refractivity contribution < 1.29 is 14.4 Å². The second-order valence-electron chi connectivity index (χ2n) is 6.65. The topological polar surface area (TPSA) is 91.4 Å². The van der Waals surface area contributed by atoms with E-state index in [0.29, 0.717) is 45.6 Å². The zero-order valence-corrected chi connectivity index (χ0v) is 17.1. The lowest BCUT2D eigenvalue weighted by Crippen LogP contribution is -2.27. The molecule has 148 valence electrons. The molecule has 0 bridgehead atoms. The van der Waals surface area contributed by atoms with E-state index < -0.39 is 0 Å². The molecule has 4 rings (SSSR count). The van der Waals surface area contributed by atoms with Crippen LogP contribution in [0.5, 0.6) is 0 Å². The van der Waals surface area contributed by atoms with Crippen molar-refractivity contribution in [2.45, 2.75) is 19.8 Å². The van der Waals surface area contributed by atoms with Gasteiger partial charge in [0.1, 0.15) is 0 Å². The minimum absolute atomic E-state index is 0.0215. The molecule has 0 radical (unpaired) electrons. The Kier molecular flexibility index (Phi) is 5.21. The van der Waals surface area contributed by atoms with Crippen LogP contribution < -0.4 is 15.5 Å². The number of anilines is 3. The van der Waals surface area contributed by atoms with Crippen LogP contribution in [0, 0.1) is 0 Å². The van der Waals surface area contributed by atoms with E-state index in [1.165, 1.54) is 18.3 Å². The number of carbonyl (C=O) groups excluding carboxylic acids is 3. The van der Waals surface area contributed by atoms with Crippen LogP contribution in [0.25, 0.3) is 10.2 Å². The van der Waals surface area contributed by atoms with Gasteiger partial charge in [0.25, 0.3) is 5.91 Å². The predicted molar refractivity (Wildman–Crippen MR) is 115 cm³/mol. The van der Waals surface area contributed by atoms with Gasteiger partial charge in [0.15, 0.2) is 5.13 Å². The van der Waals surface area contributed by atoms with Crippen LogP contribution in [0.2, 0.25) is 5.02 Å². The number of carbonyl (C=O) groups is 3. The molecule has 29 heavy (non-hydrogen) atoms. The zero-order valence-electron chi connectivity index (χ0n) is 15.5. The van der Waals surface area contributed by atoms with Crippen molar-refractivity contribution in [2.75, 3.05) is 22.1 Å². The standard InChI is InChI=1S/C20H17ClN4O3S/c1-11(26)22-13-5-7-15-17(10-13)29-20(23-15)24-19(28)14-6-4-12(21)9-16(14)25-8-2-3-18(25)27/h4-7,9-10H,2-3,8H2,1H3,(H,22,26)(H,23,24,28). The molecule has 0 aliphatic carbocycles. The van der Waals surface area contributed by atoms with Gasteiger partial charge in [0, 0.05) is 30.6 Å². The molecule has 0 saturated carbocycles. The lowest BCUT2D eigenvalue weighted by atomic mass is 10.1. The van der Waals surface area contributed by atoms with E-state index in [9.17, 15) is 14.4 Å². The summed E-state index contributed by atoms with van der Waals surface area (Å²) < 4.78 is 0.831. The minimum atomic E-state index is -0.363. The molecule has 7 nitrogen and oxygen atoms in total. The van der Waals surface area contributed by atoms with E-state index in [1.54, 1.807) is 41.3 Å². The fourth-order valence-corrected chi connectivity index (χ4v) is 4.31. The van der Waals surface area contributed by atoms with Crippen molar-refractivity contribution in [3.05, 3.63) is 47.0 Å². The van der Waals surface area contributed by atoms with E-state index in [0.717, 1.165) is 11.1 Å². The van der Waals surface area contributed by atoms with Crippen molar-refractivity contribution in [1.82, 2.24) is 4.98 Å². The first-order chi connectivity index (χ1) is 13.9. The maximum Gasteiger partial charge on any atom is 0.259 e. The van der Waals surface area contributed by atoms with E-state index in [1.807, 2.05) is 0 Å². The number of benzene rings is 2. The summed E-state index contributed by atoms with van der Waals surface area (Å²) in [5.74, 6) is -0.543. The van der Waals surface area contributed by atoms with Gasteiger partial charge in [-0.05, 0) is 42.8 Å². The number of fused-ring (bicyclic) bond motifs is 1. The number of nitrogens with zero attached hydrogens (tertiary/aromatic N) is 2. The second kappa shape index (κ2) is 7.81. The fraction of sp³-hybridized carbons (Fsp3) is 0.200. The van der Waals surface area contributed by atoms with Gasteiger partial charge in [-0.25, -0.2) is 4.98 Å². The summed E-state index contributed by atoms with van der Waals surface area (Å²) in [6.45, 7) is 2.00. The zero-order chi connectivity index (χ0) is 20.5. The Balaban J connectivity index is 1.61. The SMILES string of the molecule is CC(=O)Nc1ccc2nc(NC(=O)c3ccc(Cl)cc3N3CCCC3=O)sc2c1. The summed E-state index contributed by atoms with van der Waals surface area (Å²) in [5.41, 5.74) is 2.25. The van der Waals surface area contributed by atoms with Crippen LogP contribution in [-0.2, 0) is 9.59 Å². The quantitative estimate of drug-likeness (QED) is 0.648. The lowest BCUT2D eigenvalue weighted by Gasteiger charge is -2.19. The number of halogens is 1. The third kappa shape index (κ3) is 4.08. The van der Waals surface area contributed by atoms with Gasteiger partial charge in [0.05, 0.1) is 21.5 Å². The highest BCUT2D eigenvalue weighted by atomic mass is 35.5. The molecule has 1 aliphatic heterocycles. The number of hydrogen-bond donors (Lipinski definition) is 2. The molecule has 1 fully saturated rings. The first-order valence-corrected chi connectivity index (χ1v) is 10.2. The summed E-state index contributed by atoms with van der Waals surface area (Å²) in [4.78, 5) is 42.3. The molecular weight excluding hydrogens is 412 g/mol.